The highest BCUT2D eigenvalue weighted by Gasteiger charge is 2.29. The highest BCUT2D eigenvalue weighted by atomic mass is 32.2. The standard InChI is InChI=1S/C19H20F2N2OS/c1-25-12-15-9-14(5-6-17(15)21)19(24)23-8-7-22-11-18(23)13-3-2-4-16(20)10-13/h2-6,9-10,18,22H,7-8,11-12H2,1H3. The Bertz CT molecular complexity index is 769. The number of carbonyl (C=O) groups is 1. The maximum Gasteiger partial charge on any atom is 0.254 e. The van der Waals surface area contributed by atoms with Crippen LogP contribution in [0.1, 0.15) is 27.5 Å². The summed E-state index contributed by atoms with van der Waals surface area (Å²) in [6.07, 6.45) is 1.89. The number of nitrogens with zero attached hydrogens (tertiary/aromatic N) is 1. The predicted octanol–water partition coefficient (Wildman–Crippen LogP) is 3.61. The van der Waals surface area contributed by atoms with Gasteiger partial charge in [0.1, 0.15) is 11.6 Å². The first-order chi connectivity index (χ1) is 12.1. The van der Waals surface area contributed by atoms with Gasteiger partial charge in [0.2, 0.25) is 0 Å². The van der Waals surface area contributed by atoms with E-state index in [0.29, 0.717) is 36.5 Å². The van der Waals surface area contributed by atoms with E-state index in [9.17, 15) is 13.6 Å². The molecule has 1 saturated heterocycles. The number of hydrogen-bond donors (Lipinski definition) is 1. The Kier molecular flexibility index (Phi) is 5.71. The third-order valence-corrected chi connectivity index (χ3v) is 4.93. The average Bonchev–Trinajstić information content (AvgIpc) is 2.63. The van der Waals surface area contributed by atoms with Crippen LogP contribution < -0.4 is 5.32 Å². The van der Waals surface area contributed by atoms with Crippen LogP contribution in [-0.4, -0.2) is 36.7 Å². The number of halogens is 2. The van der Waals surface area contributed by atoms with Crippen LogP contribution in [0.4, 0.5) is 8.78 Å². The number of benzene rings is 2. The number of thioether (sulfide) groups is 1. The average molecular weight is 362 g/mol. The van der Waals surface area contributed by atoms with Gasteiger partial charge in [0.05, 0.1) is 6.04 Å². The van der Waals surface area contributed by atoms with Crippen LogP contribution >= 0.6 is 11.8 Å². The van der Waals surface area contributed by atoms with Crippen molar-refractivity contribution in [3.8, 4) is 0 Å². The van der Waals surface area contributed by atoms with Crippen molar-refractivity contribution in [3.63, 3.8) is 0 Å². The van der Waals surface area contributed by atoms with E-state index in [4.69, 9.17) is 0 Å². The van der Waals surface area contributed by atoms with E-state index in [2.05, 4.69) is 5.32 Å². The third kappa shape index (κ3) is 4.02. The Hall–Kier alpha value is -1.92. The van der Waals surface area contributed by atoms with Gasteiger partial charge in [0.25, 0.3) is 5.91 Å². The van der Waals surface area contributed by atoms with Crippen molar-refractivity contribution in [2.24, 2.45) is 0 Å². The largest absolute Gasteiger partial charge is 0.329 e. The summed E-state index contributed by atoms with van der Waals surface area (Å²) in [5.74, 6) is -0.257. The fraction of sp³-hybridized carbons (Fsp3) is 0.316. The molecule has 0 spiro atoms. The van der Waals surface area contributed by atoms with E-state index in [1.807, 2.05) is 12.3 Å². The van der Waals surface area contributed by atoms with Crippen LogP contribution in [0, 0.1) is 11.6 Å². The van der Waals surface area contributed by atoms with Crippen molar-refractivity contribution < 1.29 is 13.6 Å². The minimum absolute atomic E-state index is 0.155. The van der Waals surface area contributed by atoms with Gasteiger partial charge in [0, 0.05) is 31.0 Å². The molecule has 0 aliphatic carbocycles. The molecule has 0 saturated carbocycles. The molecule has 1 unspecified atom stereocenters. The zero-order valence-corrected chi connectivity index (χ0v) is 14.8. The number of carbonyl (C=O) groups excluding carboxylic acids is 1. The molecule has 1 N–H and O–H groups in total. The molecule has 3 nitrogen and oxygen atoms in total. The van der Waals surface area contributed by atoms with E-state index < -0.39 is 0 Å². The lowest BCUT2D eigenvalue weighted by Gasteiger charge is -2.36. The summed E-state index contributed by atoms with van der Waals surface area (Å²) in [6, 6.07) is 10.6. The second kappa shape index (κ2) is 7.97. The van der Waals surface area contributed by atoms with Gasteiger partial charge in [0.15, 0.2) is 0 Å². The summed E-state index contributed by atoms with van der Waals surface area (Å²) in [7, 11) is 0. The molecule has 1 fully saturated rings. The van der Waals surface area contributed by atoms with Crippen LogP contribution in [0.3, 0.4) is 0 Å². The molecule has 6 heteroatoms. The maximum absolute atomic E-state index is 13.9. The fourth-order valence-corrected chi connectivity index (χ4v) is 3.63. The van der Waals surface area contributed by atoms with E-state index >= 15 is 0 Å². The molecule has 0 bridgehead atoms. The molecular formula is C19H20F2N2OS. The molecule has 0 aromatic heterocycles. The number of nitrogens with one attached hydrogen (secondary N) is 1. The quantitative estimate of drug-likeness (QED) is 0.902. The van der Waals surface area contributed by atoms with Crippen molar-refractivity contribution in [2.45, 2.75) is 11.8 Å². The minimum atomic E-state index is -0.320. The van der Waals surface area contributed by atoms with E-state index in [0.717, 1.165) is 5.56 Å². The zero-order valence-electron chi connectivity index (χ0n) is 14.0. The van der Waals surface area contributed by atoms with Crippen LogP contribution in [0.2, 0.25) is 0 Å². The first-order valence-electron chi connectivity index (χ1n) is 8.14. The summed E-state index contributed by atoms with van der Waals surface area (Å²) in [4.78, 5) is 14.7. The molecule has 2 aromatic rings. The Morgan fingerprint density at radius 2 is 2.12 bits per heavy atom. The van der Waals surface area contributed by atoms with Crippen LogP contribution in [-0.2, 0) is 5.75 Å². The Morgan fingerprint density at radius 1 is 1.28 bits per heavy atom. The molecule has 3 rings (SSSR count). The second-order valence-corrected chi connectivity index (χ2v) is 6.88. The molecule has 132 valence electrons. The normalized spacial score (nSPS) is 17.6. The summed E-state index contributed by atoms with van der Waals surface area (Å²) < 4.78 is 27.4. The van der Waals surface area contributed by atoms with E-state index in [-0.39, 0.29) is 23.6 Å². The smallest absolute Gasteiger partial charge is 0.254 e. The molecule has 1 aliphatic heterocycles. The molecule has 1 amide bonds. The van der Waals surface area contributed by atoms with E-state index in [1.54, 1.807) is 17.0 Å². The first kappa shape index (κ1) is 17.9. The number of hydrogen-bond acceptors (Lipinski definition) is 3. The number of rotatable bonds is 4. The maximum atomic E-state index is 13.9. The van der Waals surface area contributed by atoms with Gasteiger partial charge in [-0.2, -0.15) is 11.8 Å². The zero-order chi connectivity index (χ0) is 17.8. The van der Waals surface area contributed by atoms with Gasteiger partial charge in [-0.25, -0.2) is 8.78 Å². The fourth-order valence-electron chi connectivity index (χ4n) is 3.10. The van der Waals surface area contributed by atoms with Gasteiger partial charge >= 0.3 is 0 Å². The summed E-state index contributed by atoms with van der Waals surface area (Å²) in [5.41, 5.74) is 1.75. The SMILES string of the molecule is CSCc1cc(C(=O)N2CCNCC2c2cccc(F)c2)ccc1F. The third-order valence-electron chi connectivity index (χ3n) is 4.33. The topological polar surface area (TPSA) is 32.3 Å². The lowest BCUT2D eigenvalue weighted by atomic mass is 10.0. The summed E-state index contributed by atoms with van der Waals surface area (Å²) in [6.45, 7) is 1.76. The highest BCUT2D eigenvalue weighted by molar-refractivity contribution is 7.97. The molecule has 0 radical (unpaired) electrons. The van der Waals surface area contributed by atoms with Crippen molar-refractivity contribution in [1.82, 2.24) is 10.2 Å². The molecule has 1 atom stereocenters. The van der Waals surface area contributed by atoms with Crippen LogP contribution in [0.15, 0.2) is 42.5 Å². The molecule has 1 heterocycles. The van der Waals surface area contributed by atoms with Gasteiger partial charge in [-0.05, 0) is 47.7 Å². The molecule has 2 aromatic carbocycles. The van der Waals surface area contributed by atoms with Gasteiger partial charge in [-0.3, -0.25) is 4.79 Å². The minimum Gasteiger partial charge on any atom is -0.329 e. The lowest BCUT2D eigenvalue weighted by Crippen LogP contribution is -2.48. The Balaban J connectivity index is 1.90. The Morgan fingerprint density at radius 3 is 2.88 bits per heavy atom. The summed E-state index contributed by atoms with van der Waals surface area (Å²) >= 11 is 1.51. The second-order valence-electron chi connectivity index (χ2n) is 6.01. The summed E-state index contributed by atoms with van der Waals surface area (Å²) in [5, 5.41) is 3.25. The van der Waals surface area contributed by atoms with Gasteiger partial charge in [-0.15, -0.1) is 0 Å². The van der Waals surface area contributed by atoms with Crippen molar-refractivity contribution in [3.05, 3.63) is 70.8 Å². The molecule has 1 aliphatic rings. The lowest BCUT2D eigenvalue weighted by molar-refractivity contribution is 0.0634. The van der Waals surface area contributed by atoms with Crippen molar-refractivity contribution in [1.29, 1.82) is 0 Å². The molecular weight excluding hydrogens is 342 g/mol. The predicted molar refractivity (Wildman–Crippen MR) is 96.7 cm³/mol. The van der Waals surface area contributed by atoms with Gasteiger partial charge in [-0.1, -0.05) is 12.1 Å². The van der Waals surface area contributed by atoms with Crippen molar-refractivity contribution in [2.75, 3.05) is 25.9 Å². The number of amides is 1. The monoisotopic (exact) mass is 362 g/mol. The van der Waals surface area contributed by atoms with E-state index in [1.165, 1.54) is 36.0 Å². The van der Waals surface area contributed by atoms with Crippen LogP contribution in [0.25, 0.3) is 0 Å². The first-order valence-corrected chi connectivity index (χ1v) is 9.54. The van der Waals surface area contributed by atoms with Crippen LogP contribution in [0.5, 0.6) is 0 Å². The van der Waals surface area contributed by atoms with Gasteiger partial charge < -0.3 is 10.2 Å². The highest BCUT2D eigenvalue weighted by Crippen LogP contribution is 2.26. The molecule has 25 heavy (non-hydrogen) atoms. The Labute approximate surface area is 150 Å². The number of piperazine rings is 1. The van der Waals surface area contributed by atoms with Crippen molar-refractivity contribution >= 4 is 17.7 Å².